The number of amides is 1. The Morgan fingerprint density at radius 3 is 2.57 bits per heavy atom. The van der Waals surface area contributed by atoms with E-state index in [1.807, 2.05) is 35.2 Å². The summed E-state index contributed by atoms with van der Waals surface area (Å²) < 4.78 is 13.5. The number of carbonyl (C=O) groups excluding carboxylic acids is 1. The second-order valence-corrected chi connectivity index (χ2v) is 10.0. The summed E-state index contributed by atoms with van der Waals surface area (Å²) in [5.41, 5.74) is 4.52. The topological polar surface area (TPSA) is 46.9 Å². The Bertz CT molecular complexity index is 1440. The smallest absolute Gasteiger partial charge is 0.231 e. The zero-order chi connectivity index (χ0) is 25.4. The van der Waals surface area contributed by atoms with Crippen molar-refractivity contribution in [1.29, 1.82) is 0 Å². The number of halogens is 1. The van der Waals surface area contributed by atoms with Crippen LogP contribution in [-0.4, -0.2) is 48.3 Å². The maximum absolute atomic E-state index is 13.7. The summed E-state index contributed by atoms with van der Waals surface area (Å²) in [6, 6.07) is 22.4. The fraction of sp³-hybridized carbons (Fsp3) is 0.300. The van der Waals surface area contributed by atoms with Gasteiger partial charge in [-0.05, 0) is 54.4 Å². The van der Waals surface area contributed by atoms with Crippen molar-refractivity contribution in [3.05, 3.63) is 89.1 Å². The Morgan fingerprint density at radius 1 is 0.946 bits per heavy atom. The molecule has 7 heteroatoms. The maximum atomic E-state index is 13.7. The predicted molar refractivity (Wildman–Crippen MR) is 147 cm³/mol. The van der Waals surface area contributed by atoms with Crippen molar-refractivity contribution in [2.45, 2.75) is 25.8 Å². The summed E-state index contributed by atoms with van der Waals surface area (Å²) in [6.45, 7) is 6.20. The van der Waals surface area contributed by atoms with E-state index in [0.29, 0.717) is 19.5 Å². The van der Waals surface area contributed by atoms with Gasteiger partial charge in [-0.25, -0.2) is 0 Å². The molecule has 3 aromatic carbocycles. The van der Waals surface area contributed by atoms with E-state index in [0.717, 1.165) is 47.4 Å². The third-order valence-electron chi connectivity index (χ3n) is 7.52. The molecule has 37 heavy (non-hydrogen) atoms. The maximum Gasteiger partial charge on any atom is 0.231 e. The van der Waals surface area contributed by atoms with Crippen LogP contribution in [0.4, 0.5) is 5.69 Å². The average molecular weight is 516 g/mol. The van der Waals surface area contributed by atoms with Crippen molar-refractivity contribution in [3.8, 4) is 11.5 Å². The lowest BCUT2D eigenvalue weighted by atomic mass is 9.87. The standard InChI is InChI=1S/C30H30ClN3O3/c1-2-32-19-26(24-8-3-4-9-27(24)32)25(21-10-11-28-29(16-21)37-20-36-28)18-30(35)34-14-12-33(13-15-34)23-7-5-6-22(31)17-23/h3-11,16-17,19,25H,2,12-15,18,20H2,1H3. The second kappa shape index (κ2) is 10.0. The van der Waals surface area contributed by atoms with Crippen molar-refractivity contribution >= 4 is 34.1 Å². The lowest BCUT2D eigenvalue weighted by Gasteiger charge is -2.36. The molecular formula is C30H30ClN3O3. The molecule has 0 aliphatic carbocycles. The number of para-hydroxylation sites is 1. The predicted octanol–water partition coefficient (Wildman–Crippen LogP) is 5.91. The van der Waals surface area contributed by atoms with Gasteiger partial charge in [-0.3, -0.25) is 4.79 Å². The van der Waals surface area contributed by atoms with Gasteiger partial charge in [0, 0.05) is 72.9 Å². The van der Waals surface area contributed by atoms with Gasteiger partial charge in [0.1, 0.15) is 0 Å². The van der Waals surface area contributed by atoms with Crippen LogP contribution in [0.1, 0.15) is 30.4 Å². The first kappa shape index (κ1) is 23.7. The number of aromatic nitrogens is 1. The van der Waals surface area contributed by atoms with Gasteiger partial charge in [0.05, 0.1) is 0 Å². The molecule has 0 N–H and O–H groups in total. The number of ether oxygens (including phenoxy) is 2. The van der Waals surface area contributed by atoms with Crippen molar-refractivity contribution in [2.75, 3.05) is 37.9 Å². The van der Waals surface area contributed by atoms with E-state index in [1.165, 1.54) is 16.5 Å². The van der Waals surface area contributed by atoms with E-state index in [4.69, 9.17) is 21.1 Å². The first-order chi connectivity index (χ1) is 18.1. The molecule has 6 nitrogen and oxygen atoms in total. The van der Waals surface area contributed by atoms with E-state index in [1.54, 1.807) is 0 Å². The van der Waals surface area contributed by atoms with Gasteiger partial charge in [0.15, 0.2) is 11.5 Å². The van der Waals surface area contributed by atoms with E-state index >= 15 is 0 Å². The van der Waals surface area contributed by atoms with Gasteiger partial charge in [0.25, 0.3) is 0 Å². The summed E-state index contributed by atoms with van der Waals surface area (Å²) >= 11 is 6.20. The monoisotopic (exact) mass is 515 g/mol. The average Bonchev–Trinajstić information content (AvgIpc) is 3.56. The zero-order valence-corrected chi connectivity index (χ0v) is 21.7. The highest BCUT2D eigenvalue weighted by atomic mass is 35.5. The van der Waals surface area contributed by atoms with Crippen LogP contribution in [0.5, 0.6) is 11.5 Å². The second-order valence-electron chi connectivity index (χ2n) is 9.60. The highest BCUT2D eigenvalue weighted by Gasteiger charge is 2.28. The van der Waals surface area contributed by atoms with Gasteiger partial charge >= 0.3 is 0 Å². The van der Waals surface area contributed by atoms with Crippen LogP contribution in [0.15, 0.2) is 72.9 Å². The number of aryl methyl sites for hydroxylation is 1. The third-order valence-corrected chi connectivity index (χ3v) is 7.75. The Hall–Kier alpha value is -3.64. The van der Waals surface area contributed by atoms with Gasteiger partial charge in [-0.1, -0.05) is 41.9 Å². The van der Waals surface area contributed by atoms with Crippen molar-refractivity contribution in [1.82, 2.24) is 9.47 Å². The van der Waals surface area contributed by atoms with Crippen LogP contribution in [0.25, 0.3) is 10.9 Å². The van der Waals surface area contributed by atoms with Crippen LogP contribution in [0.2, 0.25) is 5.02 Å². The minimum atomic E-state index is -0.0920. The summed E-state index contributed by atoms with van der Waals surface area (Å²) in [4.78, 5) is 18.0. The molecule has 3 heterocycles. The quantitative estimate of drug-likeness (QED) is 0.320. The number of piperazine rings is 1. The number of nitrogens with zero attached hydrogens (tertiary/aromatic N) is 3. The van der Waals surface area contributed by atoms with Gasteiger partial charge in [-0.15, -0.1) is 0 Å². The highest BCUT2D eigenvalue weighted by Crippen LogP contribution is 2.40. The Balaban J connectivity index is 1.28. The number of hydrogen-bond acceptors (Lipinski definition) is 4. The number of carbonyl (C=O) groups is 1. The van der Waals surface area contributed by atoms with Crippen molar-refractivity contribution < 1.29 is 14.3 Å². The summed E-state index contributed by atoms with van der Waals surface area (Å²) in [5.74, 6) is 1.57. The van der Waals surface area contributed by atoms with Crippen LogP contribution in [0.3, 0.4) is 0 Å². The van der Waals surface area contributed by atoms with Gasteiger partial charge in [0.2, 0.25) is 12.7 Å². The summed E-state index contributed by atoms with van der Waals surface area (Å²) in [5, 5.41) is 1.92. The summed E-state index contributed by atoms with van der Waals surface area (Å²) in [7, 11) is 0. The van der Waals surface area contributed by atoms with E-state index in [-0.39, 0.29) is 18.6 Å². The number of fused-ring (bicyclic) bond motifs is 2. The molecule has 1 atom stereocenters. The number of hydrogen-bond donors (Lipinski definition) is 0. The molecule has 0 radical (unpaired) electrons. The number of rotatable bonds is 6. The van der Waals surface area contributed by atoms with Crippen LogP contribution < -0.4 is 14.4 Å². The van der Waals surface area contributed by atoms with E-state index < -0.39 is 0 Å². The fourth-order valence-corrected chi connectivity index (χ4v) is 5.73. The van der Waals surface area contributed by atoms with Crippen LogP contribution in [0, 0.1) is 0 Å². The molecule has 1 saturated heterocycles. The molecule has 0 saturated carbocycles. The molecule has 1 unspecified atom stereocenters. The molecule has 0 bridgehead atoms. The summed E-state index contributed by atoms with van der Waals surface area (Å²) in [6.07, 6.45) is 2.61. The van der Waals surface area contributed by atoms with Crippen LogP contribution >= 0.6 is 11.6 Å². The van der Waals surface area contributed by atoms with Crippen molar-refractivity contribution in [3.63, 3.8) is 0 Å². The number of anilines is 1. The first-order valence-corrected chi connectivity index (χ1v) is 13.2. The van der Waals surface area contributed by atoms with Crippen LogP contribution in [-0.2, 0) is 11.3 Å². The SMILES string of the molecule is CCn1cc(C(CC(=O)N2CCN(c3cccc(Cl)c3)CC2)c2ccc3c(c2)OCO3)c2ccccc21. The molecule has 0 spiro atoms. The molecule has 190 valence electrons. The Kier molecular flexibility index (Phi) is 6.43. The fourth-order valence-electron chi connectivity index (χ4n) is 5.54. The largest absolute Gasteiger partial charge is 0.454 e. The molecule has 4 aromatic rings. The highest BCUT2D eigenvalue weighted by molar-refractivity contribution is 6.30. The minimum Gasteiger partial charge on any atom is -0.454 e. The van der Waals surface area contributed by atoms with E-state index in [2.05, 4.69) is 59.0 Å². The van der Waals surface area contributed by atoms with Gasteiger partial charge < -0.3 is 23.8 Å². The Morgan fingerprint density at radius 2 is 1.76 bits per heavy atom. The molecule has 2 aliphatic rings. The number of benzene rings is 3. The Labute approximate surface area is 221 Å². The lowest BCUT2D eigenvalue weighted by Crippen LogP contribution is -2.49. The van der Waals surface area contributed by atoms with Gasteiger partial charge in [-0.2, -0.15) is 0 Å². The third kappa shape index (κ3) is 4.62. The minimum absolute atomic E-state index is 0.0920. The molecule has 1 amide bonds. The zero-order valence-electron chi connectivity index (χ0n) is 20.9. The normalized spacial score (nSPS) is 15.8. The molecule has 6 rings (SSSR count). The molecule has 1 aromatic heterocycles. The van der Waals surface area contributed by atoms with Crippen molar-refractivity contribution in [2.24, 2.45) is 0 Å². The molecular weight excluding hydrogens is 486 g/mol. The first-order valence-electron chi connectivity index (χ1n) is 12.9. The molecule has 2 aliphatic heterocycles. The molecule has 1 fully saturated rings. The lowest BCUT2D eigenvalue weighted by molar-refractivity contribution is -0.131. The van der Waals surface area contributed by atoms with E-state index in [9.17, 15) is 4.79 Å².